The summed E-state index contributed by atoms with van der Waals surface area (Å²) in [4.78, 5) is 0. The van der Waals surface area contributed by atoms with Crippen LogP contribution in [0.15, 0.2) is 54.1 Å². The molecule has 1 nitrogen and oxygen atoms in total. The van der Waals surface area contributed by atoms with E-state index in [1.165, 1.54) is 27.8 Å². The van der Waals surface area contributed by atoms with E-state index in [2.05, 4.69) is 61.5 Å². The van der Waals surface area contributed by atoms with Crippen LogP contribution in [-0.2, 0) is 11.3 Å². The third-order valence-corrected chi connectivity index (χ3v) is 3.77. The Morgan fingerprint density at radius 1 is 1.00 bits per heavy atom. The zero-order chi connectivity index (χ0) is 13.2. The number of benzene rings is 2. The van der Waals surface area contributed by atoms with Crippen LogP contribution in [0.5, 0.6) is 0 Å². The van der Waals surface area contributed by atoms with E-state index in [4.69, 9.17) is 4.74 Å². The lowest BCUT2D eigenvalue weighted by atomic mass is 9.89. The second-order valence-corrected chi connectivity index (χ2v) is 5.12. The molecular weight excluding hydrogens is 232 g/mol. The molecule has 1 unspecified atom stereocenters. The summed E-state index contributed by atoms with van der Waals surface area (Å²) in [6, 6.07) is 17.4. The quantitative estimate of drug-likeness (QED) is 0.785. The van der Waals surface area contributed by atoms with Crippen LogP contribution >= 0.6 is 0 Å². The summed E-state index contributed by atoms with van der Waals surface area (Å²) >= 11 is 0. The van der Waals surface area contributed by atoms with Gasteiger partial charge in [-0.15, -0.1) is 0 Å². The van der Waals surface area contributed by atoms with Crippen LogP contribution in [0, 0.1) is 0 Å². The molecule has 0 saturated carbocycles. The van der Waals surface area contributed by atoms with Crippen molar-refractivity contribution >= 4 is 6.08 Å². The maximum Gasteiger partial charge on any atom is 0.0713 e. The molecule has 1 heteroatoms. The van der Waals surface area contributed by atoms with Crippen LogP contribution < -0.4 is 0 Å². The number of allylic oxidation sites excluding steroid dienone is 1. The summed E-state index contributed by atoms with van der Waals surface area (Å²) in [5, 5.41) is 0. The monoisotopic (exact) mass is 250 g/mol. The first kappa shape index (κ1) is 12.2. The minimum Gasteiger partial charge on any atom is -0.380 e. The maximum atomic E-state index is 5.16. The molecule has 0 spiro atoms. The molecule has 0 fully saturated rings. The third-order valence-electron chi connectivity index (χ3n) is 3.77. The molecule has 0 aromatic heterocycles. The normalized spacial score (nSPS) is 17.2. The number of ether oxygens (including phenoxy) is 1. The van der Waals surface area contributed by atoms with Crippen LogP contribution in [0.1, 0.15) is 35.1 Å². The van der Waals surface area contributed by atoms with Crippen molar-refractivity contribution in [2.45, 2.75) is 19.4 Å². The average molecular weight is 250 g/mol. The molecule has 0 radical (unpaired) electrons. The first-order valence-corrected chi connectivity index (χ1v) is 6.64. The van der Waals surface area contributed by atoms with E-state index < -0.39 is 0 Å². The van der Waals surface area contributed by atoms with Gasteiger partial charge in [-0.1, -0.05) is 60.2 Å². The molecule has 0 saturated heterocycles. The van der Waals surface area contributed by atoms with E-state index in [9.17, 15) is 0 Å². The molecule has 1 aliphatic rings. The highest BCUT2D eigenvalue weighted by atomic mass is 16.5. The zero-order valence-electron chi connectivity index (χ0n) is 11.4. The smallest absolute Gasteiger partial charge is 0.0713 e. The fraction of sp³-hybridized carbons (Fsp3) is 0.222. The van der Waals surface area contributed by atoms with Gasteiger partial charge in [0, 0.05) is 13.0 Å². The zero-order valence-corrected chi connectivity index (χ0v) is 11.4. The van der Waals surface area contributed by atoms with Crippen molar-refractivity contribution in [3.05, 3.63) is 76.4 Å². The highest BCUT2D eigenvalue weighted by molar-refractivity contribution is 5.68. The van der Waals surface area contributed by atoms with Crippen molar-refractivity contribution < 1.29 is 4.74 Å². The predicted molar refractivity (Wildman–Crippen MR) is 79.1 cm³/mol. The van der Waals surface area contributed by atoms with E-state index in [1.807, 2.05) is 0 Å². The largest absolute Gasteiger partial charge is 0.380 e. The van der Waals surface area contributed by atoms with E-state index in [-0.39, 0.29) is 0 Å². The second-order valence-electron chi connectivity index (χ2n) is 5.12. The van der Waals surface area contributed by atoms with Gasteiger partial charge in [0.15, 0.2) is 0 Å². The summed E-state index contributed by atoms with van der Waals surface area (Å²) in [5.41, 5.74) is 6.77. The molecular formula is C18H18O. The van der Waals surface area contributed by atoms with Gasteiger partial charge in [-0.25, -0.2) is 0 Å². The molecule has 2 aromatic rings. The second kappa shape index (κ2) is 5.02. The maximum absolute atomic E-state index is 5.16. The molecule has 1 atom stereocenters. The van der Waals surface area contributed by atoms with Crippen LogP contribution in [0.2, 0.25) is 0 Å². The topological polar surface area (TPSA) is 9.23 Å². The average Bonchev–Trinajstić information content (AvgIpc) is 2.76. The molecule has 0 amide bonds. The van der Waals surface area contributed by atoms with Crippen molar-refractivity contribution in [2.24, 2.45) is 0 Å². The van der Waals surface area contributed by atoms with Gasteiger partial charge in [-0.3, -0.25) is 0 Å². The summed E-state index contributed by atoms with van der Waals surface area (Å²) < 4.78 is 5.16. The number of fused-ring (bicyclic) bond motifs is 1. The lowest BCUT2D eigenvalue weighted by molar-refractivity contribution is 0.185. The first-order chi connectivity index (χ1) is 9.29. The number of hydrogen-bond acceptors (Lipinski definition) is 1. The van der Waals surface area contributed by atoms with Crippen LogP contribution in [0.3, 0.4) is 0 Å². The summed E-state index contributed by atoms with van der Waals surface area (Å²) in [5.74, 6) is 0.410. The standard InChI is InChI=1S/C18H18O/c1-13-11-16-5-3-4-6-17(16)18(13)15-9-7-14(8-10-15)12-19-2/h3-11,18H,12H2,1-2H3. The third kappa shape index (κ3) is 2.22. The van der Waals surface area contributed by atoms with Gasteiger partial charge >= 0.3 is 0 Å². The Kier molecular flexibility index (Phi) is 3.22. The molecule has 3 rings (SSSR count). The summed E-state index contributed by atoms with van der Waals surface area (Å²) in [6.07, 6.45) is 2.29. The highest BCUT2D eigenvalue weighted by Crippen LogP contribution is 2.40. The molecule has 1 aliphatic carbocycles. The lowest BCUT2D eigenvalue weighted by Crippen LogP contribution is -2.00. The molecule has 0 bridgehead atoms. The molecule has 0 aliphatic heterocycles. The van der Waals surface area contributed by atoms with Crippen molar-refractivity contribution in [3.8, 4) is 0 Å². The number of hydrogen-bond donors (Lipinski definition) is 0. The fourth-order valence-electron chi connectivity index (χ4n) is 2.89. The van der Waals surface area contributed by atoms with Crippen molar-refractivity contribution in [2.75, 3.05) is 7.11 Å². The SMILES string of the molecule is COCc1ccc(C2C(C)=Cc3ccccc32)cc1. The summed E-state index contributed by atoms with van der Waals surface area (Å²) in [6.45, 7) is 2.89. The van der Waals surface area contributed by atoms with Crippen molar-refractivity contribution in [1.29, 1.82) is 0 Å². The Morgan fingerprint density at radius 2 is 1.74 bits per heavy atom. The molecule has 96 valence electrons. The minimum atomic E-state index is 0.410. The Morgan fingerprint density at radius 3 is 2.47 bits per heavy atom. The fourth-order valence-corrected chi connectivity index (χ4v) is 2.89. The predicted octanol–water partition coefficient (Wildman–Crippen LogP) is 4.38. The Bertz CT molecular complexity index is 608. The molecule has 0 N–H and O–H groups in total. The Labute approximate surface area is 114 Å². The number of rotatable bonds is 3. The van der Waals surface area contributed by atoms with Gasteiger partial charge < -0.3 is 4.74 Å². The molecule has 0 heterocycles. The Balaban J connectivity index is 1.96. The van der Waals surface area contributed by atoms with E-state index in [0.29, 0.717) is 12.5 Å². The Hall–Kier alpha value is -1.86. The van der Waals surface area contributed by atoms with Gasteiger partial charge in [0.1, 0.15) is 0 Å². The van der Waals surface area contributed by atoms with Gasteiger partial charge in [0.05, 0.1) is 6.61 Å². The minimum absolute atomic E-state index is 0.410. The van der Waals surface area contributed by atoms with E-state index in [0.717, 1.165) is 0 Å². The van der Waals surface area contributed by atoms with Crippen molar-refractivity contribution in [3.63, 3.8) is 0 Å². The van der Waals surface area contributed by atoms with Gasteiger partial charge in [-0.05, 0) is 29.2 Å². The number of methoxy groups -OCH3 is 1. The molecule has 2 aromatic carbocycles. The van der Waals surface area contributed by atoms with Gasteiger partial charge in [0.2, 0.25) is 0 Å². The first-order valence-electron chi connectivity index (χ1n) is 6.64. The van der Waals surface area contributed by atoms with Crippen LogP contribution in [0.25, 0.3) is 6.08 Å². The van der Waals surface area contributed by atoms with E-state index in [1.54, 1.807) is 7.11 Å². The lowest BCUT2D eigenvalue weighted by Gasteiger charge is -2.15. The van der Waals surface area contributed by atoms with Gasteiger partial charge in [0.25, 0.3) is 0 Å². The van der Waals surface area contributed by atoms with E-state index >= 15 is 0 Å². The molecule has 19 heavy (non-hydrogen) atoms. The van der Waals surface area contributed by atoms with Crippen LogP contribution in [0.4, 0.5) is 0 Å². The highest BCUT2D eigenvalue weighted by Gasteiger charge is 2.23. The van der Waals surface area contributed by atoms with Crippen molar-refractivity contribution in [1.82, 2.24) is 0 Å². The van der Waals surface area contributed by atoms with Crippen LogP contribution in [-0.4, -0.2) is 7.11 Å². The summed E-state index contributed by atoms with van der Waals surface area (Å²) in [7, 11) is 1.73. The van der Waals surface area contributed by atoms with Gasteiger partial charge in [-0.2, -0.15) is 0 Å².